The zero-order valence-electron chi connectivity index (χ0n) is 10.7. The lowest BCUT2D eigenvalue weighted by Crippen LogP contribution is -2.63. The molecule has 0 saturated heterocycles. The van der Waals surface area contributed by atoms with Crippen LogP contribution < -0.4 is 10.6 Å². The summed E-state index contributed by atoms with van der Waals surface area (Å²) in [6.07, 6.45) is -5.13. The minimum absolute atomic E-state index is 0.159. The fraction of sp³-hybridized carbons (Fsp3) is 0.455. The third kappa shape index (κ3) is 3.43. The average Bonchev–Trinajstić information content (AvgIpc) is 2.70. The molecule has 0 aliphatic heterocycles. The highest BCUT2D eigenvalue weighted by molar-refractivity contribution is 5.86. The summed E-state index contributed by atoms with van der Waals surface area (Å²) in [6.45, 7) is 1.87. The van der Waals surface area contributed by atoms with Crippen molar-refractivity contribution >= 4 is 12.0 Å². The Morgan fingerprint density at radius 3 is 2.35 bits per heavy atom. The summed E-state index contributed by atoms with van der Waals surface area (Å²) in [6, 6.07) is 1.89. The van der Waals surface area contributed by atoms with Gasteiger partial charge in [0.15, 0.2) is 0 Å². The zero-order valence-corrected chi connectivity index (χ0v) is 10.7. The Morgan fingerprint density at radius 1 is 1.35 bits per heavy atom. The van der Waals surface area contributed by atoms with E-state index >= 15 is 0 Å². The third-order valence-corrected chi connectivity index (χ3v) is 2.58. The summed E-state index contributed by atoms with van der Waals surface area (Å²) in [5.74, 6) is -1.29. The minimum Gasteiger partial charge on any atom is -0.479 e. The van der Waals surface area contributed by atoms with Gasteiger partial charge in [-0.15, -0.1) is 0 Å². The first-order valence-corrected chi connectivity index (χ1v) is 5.47. The lowest BCUT2D eigenvalue weighted by molar-refractivity contribution is -0.203. The van der Waals surface area contributed by atoms with Crippen molar-refractivity contribution in [3.63, 3.8) is 0 Å². The number of carbonyl (C=O) groups excluding carboxylic acids is 1. The Morgan fingerprint density at radius 2 is 1.95 bits per heavy atom. The largest absolute Gasteiger partial charge is 0.479 e. The Bertz CT molecular complexity index is 512. The molecule has 0 aliphatic rings. The van der Waals surface area contributed by atoms with E-state index in [4.69, 9.17) is 9.52 Å². The summed E-state index contributed by atoms with van der Waals surface area (Å²) in [4.78, 5) is 22.1. The fourth-order valence-corrected chi connectivity index (χ4v) is 1.26. The highest BCUT2D eigenvalue weighted by Crippen LogP contribution is 2.30. The monoisotopic (exact) mass is 294 g/mol. The van der Waals surface area contributed by atoms with E-state index in [2.05, 4.69) is 5.32 Å². The van der Waals surface area contributed by atoms with Gasteiger partial charge in [-0.05, 0) is 26.0 Å². The molecule has 112 valence electrons. The number of aryl methyl sites for hydroxylation is 1. The number of halogens is 3. The number of amides is 2. The standard InChI is InChI=1S/C11H13F3N2O4/c1-6-3-4-7(20-6)5-15-9(19)16-10(2,8(17)18)11(12,13)14/h3-4H,5H2,1-2H3,(H,17,18)(H2,15,16,19). The highest BCUT2D eigenvalue weighted by Gasteiger charge is 2.58. The summed E-state index contributed by atoms with van der Waals surface area (Å²) in [5.41, 5.74) is -3.36. The van der Waals surface area contributed by atoms with Crippen molar-refractivity contribution in [3.8, 4) is 0 Å². The van der Waals surface area contributed by atoms with Crippen LogP contribution in [0.15, 0.2) is 16.5 Å². The smallest absolute Gasteiger partial charge is 0.422 e. The molecule has 0 spiro atoms. The lowest BCUT2D eigenvalue weighted by Gasteiger charge is -2.28. The Kier molecular flexibility index (Phi) is 4.31. The van der Waals surface area contributed by atoms with Crippen LogP contribution in [0.1, 0.15) is 18.4 Å². The molecule has 0 bridgehead atoms. The van der Waals surface area contributed by atoms with Crippen molar-refractivity contribution in [2.75, 3.05) is 0 Å². The van der Waals surface area contributed by atoms with Crippen LogP contribution in [0.2, 0.25) is 0 Å². The van der Waals surface area contributed by atoms with Crippen LogP contribution in [0.25, 0.3) is 0 Å². The van der Waals surface area contributed by atoms with Gasteiger partial charge in [-0.3, -0.25) is 0 Å². The summed E-state index contributed by atoms with van der Waals surface area (Å²) in [5, 5.41) is 12.1. The van der Waals surface area contributed by atoms with Gasteiger partial charge in [-0.25, -0.2) is 9.59 Å². The molecule has 1 heterocycles. The van der Waals surface area contributed by atoms with Gasteiger partial charge in [0.1, 0.15) is 11.5 Å². The Balaban J connectivity index is 2.66. The van der Waals surface area contributed by atoms with E-state index in [0.29, 0.717) is 18.4 Å². The van der Waals surface area contributed by atoms with E-state index in [-0.39, 0.29) is 6.54 Å². The molecular weight excluding hydrogens is 281 g/mol. The molecule has 3 N–H and O–H groups in total. The SMILES string of the molecule is Cc1ccc(CNC(=O)NC(C)(C(=O)O)C(F)(F)F)o1. The number of furan rings is 1. The lowest BCUT2D eigenvalue weighted by atomic mass is 10.0. The number of aliphatic carboxylic acids is 1. The second-order valence-electron chi connectivity index (χ2n) is 4.25. The Hall–Kier alpha value is -2.19. The number of rotatable bonds is 4. The molecular formula is C11H13F3N2O4. The molecule has 20 heavy (non-hydrogen) atoms. The van der Waals surface area contributed by atoms with Crippen molar-refractivity contribution in [3.05, 3.63) is 23.7 Å². The Labute approximate surface area is 111 Å². The average molecular weight is 294 g/mol. The van der Waals surface area contributed by atoms with Gasteiger partial charge < -0.3 is 20.2 Å². The molecule has 1 aromatic heterocycles. The number of carboxylic acid groups (broad SMARTS) is 1. The van der Waals surface area contributed by atoms with Crippen molar-refractivity contribution in [2.24, 2.45) is 0 Å². The molecule has 6 nitrogen and oxygen atoms in total. The van der Waals surface area contributed by atoms with E-state index in [1.165, 1.54) is 11.4 Å². The molecule has 0 aromatic carbocycles. The summed E-state index contributed by atoms with van der Waals surface area (Å²) in [7, 11) is 0. The van der Waals surface area contributed by atoms with Gasteiger partial charge >= 0.3 is 18.2 Å². The van der Waals surface area contributed by atoms with Gasteiger partial charge in [-0.1, -0.05) is 0 Å². The van der Waals surface area contributed by atoms with E-state index in [1.54, 1.807) is 13.0 Å². The van der Waals surface area contributed by atoms with Crippen LogP contribution in [0.3, 0.4) is 0 Å². The number of carbonyl (C=O) groups is 2. The quantitative estimate of drug-likeness (QED) is 0.789. The van der Waals surface area contributed by atoms with Crippen molar-refractivity contribution < 1.29 is 32.3 Å². The maximum atomic E-state index is 12.6. The molecule has 0 saturated carbocycles. The van der Waals surface area contributed by atoms with E-state index < -0.39 is 23.7 Å². The summed E-state index contributed by atoms with van der Waals surface area (Å²) < 4.78 is 43.0. The highest BCUT2D eigenvalue weighted by atomic mass is 19.4. The summed E-state index contributed by atoms with van der Waals surface area (Å²) >= 11 is 0. The van der Waals surface area contributed by atoms with Crippen LogP contribution in [0, 0.1) is 6.92 Å². The van der Waals surface area contributed by atoms with Gasteiger partial charge in [-0.2, -0.15) is 13.2 Å². The molecule has 0 aliphatic carbocycles. The number of hydrogen-bond donors (Lipinski definition) is 3. The normalized spacial score (nSPS) is 14.4. The second-order valence-corrected chi connectivity index (χ2v) is 4.25. The third-order valence-electron chi connectivity index (χ3n) is 2.58. The maximum Gasteiger partial charge on any atom is 0.422 e. The number of urea groups is 1. The minimum atomic E-state index is -5.13. The van der Waals surface area contributed by atoms with Crippen molar-refractivity contribution in [2.45, 2.75) is 32.1 Å². The van der Waals surface area contributed by atoms with Gasteiger partial charge in [0.05, 0.1) is 6.54 Å². The maximum absolute atomic E-state index is 12.6. The topological polar surface area (TPSA) is 91.6 Å². The first-order chi connectivity index (χ1) is 9.06. The van der Waals surface area contributed by atoms with Gasteiger partial charge in [0.25, 0.3) is 0 Å². The van der Waals surface area contributed by atoms with Crippen LogP contribution >= 0.6 is 0 Å². The van der Waals surface area contributed by atoms with Crippen LogP contribution in [0.5, 0.6) is 0 Å². The van der Waals surface area contributed by atoms with Gasteiger partial charge in [0.2, 0.25) is 5.54 Å². The number of nitrogens with one attached hydrogen (secondary N) is 2. The predicted molar refractivity (Wildman–Crippen MR) is 60.9 cm³/mol. The van der Waals surface area contributed by atoms with Crippen molar-refractivity contribution in [1.82, 2.24) is 10.6 Å². The van der Waals surface area contributed by atoms with Crippen LogP contribution in [-0.4, -0.2) is 28.8 Å². The first kappa shape index (κ1) is 15.9. The van der Waals surface area contributed by atoms with E-state index in [1.807, 2.05) is 0 Å². The molecule has 0 fully saturated rings. The molecule has 0 radical (unpaired) electrons. The second kappa shape index (κ2) is 5.43. The van der Waals surface area contributed by atoms with Crippen LogP contribution in [0.4, 0.5) is 18.0 Å². The first-order valence-electron chi connectivity index (χ1n) is 5.47. The van der Waals surface area contributed by atoms with E-state index in [0.717, 1.165) is 0 Å². The molecule has 1 atom stereocenters. The molecule has 2 amide bonds. The molecule has 9 heteroatoms. The van der Waals surface area contributed by atoms with Crippen molar-refractivity contribution in [1.29, 1.82) is 0 Å². The zero-order chi connectivity index (χ0) is 15.6. The van der Waals surface area contributed by atoms with Gasteiger partial charge in [0, 0.05) is 0 Å². The molecule has 1 rings (SSSR count). The molecule has 1 aromatic rings. The predicted octanol–water partition coefficient (Wildman–Crippen LogP) is 1.79. The van der Waals surface area contributed by atoms with Crippen LogP contribution in [-0.2, 0) is 11.3 Å². The number of hydrogen-bond acceptors (Lipinski definition) is 3. The fourth-order valence-electron chi connectivity index (χ4n) is 1.26. The van der Waals surface area contributed by atoms with E-state index in [9.17, 15) is 22.8 Å². The number of alkyl halides is 3. The molecule has 1 unspecified atom stereocenters. The number of carboxylic acids is 1.